The highest BCUT2D eigenvalue weighted by Crippen LogP contribution is 2.29. The van der Waals surface area contributed by atoms with Crippen molar-refractivity contribution in [2.75, 3.05) is 18.4 Å². The minimum atomic E-state index is -0.0950. The van der Waals surface area contributed by atoms with E-state index in [4.69, 9.17) is 5.26 Å². The number of hydrogen-bond donors (Lipinski definition) is 2. The first-order valence-corrected chi connectivity index (χ1v) is 7.23. The van der Waals surface area contributed by atoms with E-state index >= 15 is 0 Å². The summed E-state index contributed by atoms with van der Waals surface area (Å²) in [7, 11) is 0. The van der Waals surface area contributed by atoms with Gasteiger partial charge in [0.1, 0.15) is 0 Å². The van der Waals surface area contributed by atoms with E-state index in [0.29, 0.717) is 5.92 Å². The average Bonchev–Trinajstić information content (AvgIpc) is 3.16. The van der Waals surface area contributed by atoms with Crippen molar-refractivity contribution in [2.45, 2.75) is 19.3 Å². The molecule has 1 aliphatic rings. The van der Waals surface area contributed by atoms with Gasteiger partial charge in [-0.1, -0.05) is 12.1 Å². The molecular formula is C16H17N5O. The van der Waals surface area contributed by atoms with Crippen LogP contribution in [0.1, 0.15) is 25.0 Å². The predicted octanol–water partition coefficient (Wildman–Crippen LogP) is 2.31. The number of rotatable bonds is 3. The van der Waals surface area contributed by atoms with E-state index in [0.717, 1.165) is 42.1 Å². The van der Waals surface area contributed by atoms with E-state index in [1.807, 2.05) is 30.3 Å². The maximum absolute atomic E-state index is 11.1. The number of nitrogens with one attached hydrogen (secondary N) is 2. The number of carbonyl (C=O) groups excluding carboxylic acids is 1. The number of nitrogens with zero attached hydrogens (tertiary/aromatic N) is 3. The molecule has 1 atom stereocenters. The summed E-state index contributed by atoms with van der Waals surface area (Å²) in [6.07, 6.45) is 3.15. The SMILES string of the molecule is CC(=O)Nc1cccc(-c2cc(C3CCN(C#N)C3)[nH]n2)c1. The Balaban J connectivity index is 1.79. The van der Waals surface area contributed by atoms with Crippen molar-refractivity contribution in [3.63, 3.8) is 0 Å². The van der Waals surface area contributed by atoms with E-state index in [9.17, 15) is 4.79 Å². The molecule has 1 aromatic heterocycles. The van der Waals surface area contributed by atoms with Crippen LogP contribution in [-0.4, -0.2) is 34.1 Å². The molecule has 1 aromatic carbocycles. The van der Waals surface area contributed by atoms with Gasteiger partial charge in [0.2, 0.25) is 5.91 Å². The van der Waals surface area contributed by atoms with E-state index in [2.05, 4.69) is 21.7 Å². The van der Waals surface area contributed by atoms with Crippen LogP contribution in [0.2, 0.25) is 0 Å². The third-order valence-electron chi connectivity index (χ3n) is 3.85. The Morgan fingerprint density at radius 2 is 2.36 bits per heavy atom. The molecule has 3 rings (SSSR count). The van der Waals surface area contributed by atoms with Gasteiger partial charge in [-0.3, -0.25) is 9.89 Å². The minimum Gasteiger partial charge on any atom is -0.326 e. The second kappa shape index (κ2) is 5.90. The third kappa shape index (κ3) is 2.93. The summed E-state index contributed by atoms with van der Waals surface area (Å²) in [5.74, 6) is 0.224. The number of H-pyrrole nitrogens is 1. The van der Waals surface area contributed by atoms with Gasteiger partial charge >= 0.3 is 0 Å². The summed E-state index contributed by atoms with van der Waals surface area (Å²) >= 11 is 0. The molecule has 1 unspecified atom stereocenters. The number of aromatic nitrogens is 2. The molecule has 6 nitrogen and oxygen atoms in total. The molecule has 1 amide bonds. The van der Waals surface area contributed by atoms with Crippen LogP contribution in [0.25, 0.3) is 11.3 Å². The summed E-state index contributed by atoms with van der Waals surface area (Å²) in [6, 6.07) is 9.62. The molecule has 2 heterocycles. The van der Waals surface area contributed by atoms with Crippen LogP contribution < -0.4 is 5.32 Å². The standard InChI is InChI=1S/C16H17N5O/c1-11(22)18-14-4-2-3-12(7-14)15-8-16(20-19-15)13-5-6-21(9-13)10-17/h2-4,7-8,13H,5-6,9H2,1H3,(H,18,22)(H,19,20). The molecule has 2 N–H and O–H groups in total. The van der Waals surface area contributed by atoms with Crippen LogP contribution in [-0.2, 0) is 4.79 Å². The molecule has 2 aromatic rings. The second-order valence-corrected chi connectivity index (χ2v) is 5.50. The Morgan fingerprint density at radius 1 is 1.50 bits per heavy atom. The van der Waals surface area contributed by atoms with E-state index in [-0.39, 0.29) is 5.91 Å². The zero-order valence-electron chi connectivity index (χ0n) is 12.3. The number of amides is 1. The second-order valence-electron chi connectivity index (χ2n) is 5.50. The maximum atomic E-state index is 11.1. The fourth-order valence-corrected chi connectivity index (χ4v) is 2.76. The first kappa shape index (κ1) is 14.1. The number of aromatic amines is 1. The highest BCUT2D eigenvalue weighted by molar-refractivity contribution is 5.89. The first-order chi connectivity index (χ1) is 10.7. The molecule has 1 aliphatic heterocycles. The van der Waals surface area contributed by atoms with E-state index in [1.54, 1.807) is 4.90 Å². The number of nitriles is 1. The summed E-state index contributed by atoms with van der Waals surface area (Å²) in [5, 5.41) is 19.1. The molecule has 112 valence electrons. The van der Waals surface area contributed by atoms with Gasteiger partial charge in [-0.2, -0.15) is 10.4 Å². The van der Waals surface area contributed by atoms with Gasteiger partial charge in [-0.15, -0.1) is 0 Å². The van der Waals surface area contributed by atoms with Crippen molar-refractivity contribution in [1.82, 2.24) is 15.1 Å². The Morgan fingerprint density at radius 3 is 3.09 bits per heavy atom. The Kier molecular flexibility index (Phi) is 3.79. The molecular weight excluding hydrogens is 278 g/mol. The summed E-state index contributed by atoms with van der Waals surface area (Å²) in [6.45, 7) is 3.03. The lowest BCUT2D eigenvalue weighted by Crippen LogP contribution is -2.12. The molecule has 0 aliphatic carbocycles. The van der Waals surface area contributed by atoms with Crippen LogP contribution in [0.5, 0.6) is 0 Å². The quantitative estimate of drug-likeness (QED) is 0.851. The van der Waals surface area contributed by atoms with Gasteiger partial charge in [0, 0.05) is 42.9 Å². The van der Waals surface area contributed by atoms with Gasteiger partial charge < -0.3 is 10.2 Å². The van der Waals surface area contributed by atoms with Gasteiger partial charge in [0.05, 0.1) is 5.69 Å². The highest BCUT2D eigenvalue weighted by atomic mass is 16.1. The Bertz CT molecular complexity index is 730. The van der Waals surface area contributed by atoms with Crippen LogP contribution in [0.3, 0.4) is 0 Å². The smallest absolute Gasteiger partial charge is 0.221 e. The molecule has 0 spiro atoms. The van der Waals surface area contributed by atoms with E-state index in [1.165, 1.54) is 6.92 Å². The molecule has 22 heavy (non-hydrogen) atoms. The van der Waals surface area contributed by atoms with Gasteiger partial charge in [-0.05, 0) is 24.6 Å². The van der Waals surface area contributed by atoms with Crippen molar-refractivity contribution in [2.24, 2.45) is 0 Å². The van der Waals surface area contributed by atoms with Gasteiger partial charge in [0.25, 0.3) is 0 Å². The van der Waals surface area contributed by atoms with Crippen molar-refractivity contribution in [3.8, 4) is 17.5 Å². The van der Waals surface area contributed by atoms with Crippen LogP contribution in [0.15, 0.2) is 30.3 Å². The lowest BCUT2D eigenvalue weighted by molar-refractivity contribution is -0.114. The fourth-order valence-electron chi connectivity index (χ4n) is 2.76. The molecule has 0 radical (unpaired) electrons. The van der Waals surface area contributed by atoms with Crippen molar-refractivity contribution >= 4 is 11.6 Å². The van der Waals surface area contributed by atoms with Gasteiger partial charge in [-0.25, -0.2) is 0 Å². The minimum absolute atomic E-state index is 0.0950. The number of carbonyl (C=O) groups is 1. The number of hydrogen-bond acceptors (Lipinski definition) is 4. The molecule has 0 saturated carbocycles. The van der Waals surface area contributed by atoms with Crippen molar-refractivity contribution < 1.29 is 4.79 Å². The average molecular weight is 295 g/mol. The lowest BCUT2D eigenvalue weighted by Gasteiger charge is -2.06. The predicted molar refractivity (Wildman–Crippen MR) is 82.9 cm³/mol. The van der Waals surface area contributed by atoms with E-state index < -0.39 is 0 Å². The molecule has 1 saturated heterocycles. The molecule has 1 fully saturated rings. The lowest BCUT2D eigenvalue weighted by atomic mass is 10.0. The van der Waals surface area contributed by atoms with Crippen LogP contribution in [0.4, 0.5) is 5.69 Å². The third-order valence-corrected chi connectivity index (χ3v) is 3.85. The first-order valence-electron chi connectivity index (χ1n) is 7.23. The number of benzene rings is 1. The summed E-state index contributed by atoms with van der Waals surface area (Å²) < 4.78 is 0. The van der Waals surface area contributed by atoms with Crippen LogP contribution in [0, 0.1) is 11.5 Å². The topological polar surface area (TPSA) is 84.8 Å². The number of anilines is 1. The Hall–Kier alpha value is -2.81. The monoisotopic (exact) mass is 295 g/mol. The fraction of sp³-hybridized carbons (Fsp3) is 0.312. The molecule has 0 bridgehead atoms. The van der Waals surface area contributed by atoms with Crippen LogP contribution >= 0.6 is 0 Å². The molecule has 6 heteroatoms. The van der Waals surface area contributed by atoms with Gasteiger partial charge in [0.15, 0.2) is 6.19 Å². The number of likely N-dealkylation sites (tertiary alicyclic amines) is 1. The maximum Gasteiger partial charge on any atom is 0.221 e. The summed E-state index contributed by atoms with van der Waals surface area (Å²) in [5.41, 5.74) is 3.60. The van der Waals surface area contributed by atoms with Crippen molar-refractivity contribution in [1.29, 1.82) is 5.26 Å². The Labute approximate surface area is 128 Å². The van der Waals surface area contributed by atoms with Crippen molar-refractivity contribution in [3.05, 3.63) is 36.0 Å². The normalized spacial score (nSPS) is 17.3. The largest absolute Gasteiger partial charge is 0.326 e. The zero-order chi connectivity index (χ0) is 15.5. The zero-order valence-corrected chi connectivity index (χ0v) is 12.3. The summed E-state index contributed by atoms with van der Waals surface area (Å²) in [4.78, 5) is 12.9. The highest BCUT2D eigenvalue weighted by Gasteiger charge is 2.24.